The molecule has 1 aliphatic carbocycles. The molecule has 0 atom stereocenters. The zero-order valence-corrected chi connectivity index (χ0v) is 21.9. The predicted molar refractivity (Wildman–Crippen MR) is 163 cm³/mol. The summed E-state index contributed by atoms with van der Waals surface area (Å²) < 4.78 is 0. The van der Waals surface area contributed by atoms with Crippen molar-refractivity contribution in [2.24, 2.45) is 0 Å². The Hall–Kier alpha value is -4.53. The first kappa shape index (κ1) is 21.4. The Labute approximate surface area is 231 Å². The van der Waals surface area contributed by atoms with Crippen molar-refractivity contribution in [3.63, 3.8) is 0 Å². The van der Waals surface area contributed by atoms with Crippen LogP contribution in [0, 0.1) is 0 Å². The molecule has 0 unspecified atom stereocenters. The van der Waals surface area contributed by atoms with Crippen molar-refractivity contribution in [3.8, 4) is 22.3 Å². The molecule has 1 aliphatic heterocycles. The van der Waals surface area contributed by atoms with E-state index < -0.39 is 0 Å². The Morgan fingerprint density at radius 2 is 1.03 bits per heavy atom. The molecule has 2 aliphatic rings. The van der Waals surface area contributed by atoms with Crippen LogP contribution in [0.25, 0.3) is 44.1 Å². The molecule has 1 N–H and O–H groups in total. The maximum absolute atomic E-state index is 3.57. The highest BCUT2D eigenvalue weighted by molar-refractivity contribution is 7.99. The largest absolute Gasteiger partial charge is 0.355 e. The summed E-state index contributed by atoms with van der Waals surface area (Å²) in [4.78, 5) is 6.25. The molecule has 0 radical (unpaired) electrons. The molecule has 1 aromatic heterocycles. The number of H-pyrrole nitrogens is 1. The predicted octanol–water partition coefficient (Wildman–Crippen LogP) is 9.82. The van der Waals surface area contributed by atoms with Gasteiger partial charge < -0.3 is 4.98 Å². The number of aromatic amines is 1. The van der Waals surface area contributed by atoms with Crippen LogP contribution < -0.4 is 0 Å². The van der Waals surface area contributed by atoms with Gasteiger partial charge in [-0.2, -0.15) is 0 Å². The fourth-order valence-corrected chi connectivity index (χ4v) is 8.26. The zero-order valence-electron chi connectivity index (χ0n) is 21.1. The number of rotatable bonds is 1. The van der Waals surface area contributed by atoms with Crippen molar-refractivity contribution in [1.82, 2.24) is 4.98 Å². The highest BCUT2D eigenvalue weighted by Gasteiger charge is 2.49. The van der Waals surface area contributed by atoms with E-state index in [4.69, 9.17) is 0 Å². The van der Waals surface area contributed by atoms with Gasteiger partial charge in [-0.3, -0.25) is 0 Å². The number of nitrogens with one attached hydrogen (secondary N) is 1. The molecule has 182 valence electrons. The smallest absolute Gasteiger partial charge is 0.0735 e. The van der Waals surface area contributed by atoms with Gasteiger partial charge in [-0.05, 0) is 80.9 Å². The lowest BCUT2D eigenvalue weighted by Gasteiger charge is -2.39. The monoisotopic (exact) mass is 513 g/mol. The van der Waals surface area contributed by atoms with E-state index in [0.717, 1.165) is 0 Å². The van der Waals surface area contributed by atoms with E-state index in [1.807, 2.05) is 11.8 Å². The highest BCUT2D eigenvalue weighted by atomic mass is 32.2. The number of aromatic nitrogens is 1. The molecular formula is C37H23NS. The van der Waals surface area contributed by atoms with E-state index in [1.165, 1.54) is 76.1 Å². The molecule has 1 nitrogen and oxygen atoms in total. The summed E-state index contributed by atoms with van der Waals surface area (Å²) in [6.07, 6.45) is 0. The number of hydrogen-bond acceptors (Lipinski definition) is 1. The highest BCUT2D eigenvalue weighted by Crippen LogP contribution is 2.62. The SMILES string of the molecule is c1ccc2c(c1)Sc1ccccc1C21c2ccccc2-c2cc(-c3ccc4[nH]c5ccccc5c4c3)ccc21. The Bertz CT molecular complexity index is 2070. The van der Waals surface area contributed by atoms with Gasteiger partial charge >= 0.3 is 0 Å². The quantitative estimate of drug-likeness (QED) is 0.231. The van der Waals surface area contributed by atoms with E-state index in [-0.39, 0.29) is 5.41 Å². The molecule has 7 aromatic rings. The second-order valence-electron chi connectivity index (χ2n) is 10.6. The van der Waals surface area contributed by atoms with Gasteiger partial charge in [0, 0.05) is 31.6 Å². The Morgan fingerprint density at radius 3 is 1.85 bits per heavy atom. The van der Waals surface area contributed by atoms with Crippen LogP contribution in [0.3, 0.4) is 0 Å². The van der Waals surface area contributed by atoms with E-state index in [0.29, 0.717) is 0 Å². The van der Waals surface area contributed by atoms with E-state index >= 15 is 0 Å². The average molecular weight is 514 g/mol. The number of fused-ring (bicyclic) bond motifs is 12. The lowest BCUT2D eigenvalue weighted by Crippen LogP contribution is -2.31. The molecule has 0 amide bonds. The number of benzene rings is 6. The summed E-state index contributed by atoms with van der Waals surface area (Å²) in [6, 6.07) is 49.5. The normalized spacial score (nSPS) is 14.3. The van der Waals surface area contributed by atoms with E-state index in [2.05, 4.69) is 138 Å². The standard InChI is InChI=1S/C37H23NS/c1-3-11-29-25(9-1)27-21-23(24-18-20-34-28(22-24)26-10-2-6-14-33(26)38-34)17-19-30(27)37(29)31-12-4-7-15-35(31)39-36-16-8-5-13-32(36)37/h1-22,38H. The fourth-order valence-electron chi connectivity index (χ4n) is 7.07. The lowest BCUT2D eigenvalue weighted by molar-refractivity contribution is 0.722. The second kappa shape index (κ2) is 7.75. The molecule has 0 bridgehead atoms. The van der Waals surface area contributed by atoms with Crippen molar-refractivity contribution >= 4 is 33.6 Å². The third kappa shape index (κ3) is 2.77. The Balaban J connectivity index is 1.33. The fraction of sp³-hybridized carbons (Fsp3) is 0.0270. The van der Waals surface area contributed by atoms with Gasteiger partial charge in [0.2, 0.25) is 0 Å². The molecule has 2 heterocycles. The summed E-state index contributed by atoms with van der Waals surface area (Å²) in [6.45, 7) is 0. The van der Waals surface area contributed by atoms with Crippen LogP contribution in [0.5, 0.6) is 0 Å². The molecule has 6 aromatic carbocycles. The summed E-state index contributed by atoms with van der Waals surface area (Å²) in [5.41, 5.74) is 12.7. The average Bonchev–Trinajstić information content (AvgIpc) is 3.51. The van der Waals surface area contributed by atoms with E-state index in [9.17, 15) is 0 Å². The minimum atomic E-state index is -0.316. The first-order valence-electron chi connectivity index (χ1n) is 13.4. The van der Waals surface area contributed by atoms with Gasteiger partial charge in [0.1, 0.15) is 0 Å². The van der Waals surface area contributed by atoms with Crippen LogP contribution in [0.2, 0.25) is 0 Å². The summed E-state index contributed by atoms with van der Waals surface area (Å²) in [5.74, 6) is 0. The third-order valence-electron chi connectivity index (χ3n) is 8.69. The van der Waals surface area contributed by atoms with Gasteiger partial charge in [0.15, 0.2) is 0 Å². The van der Waals surface area contributed by atoms with Gasteiger partial charge in [0.25, 0.3) is 0 Å². The van der Waals surface area contributed by atoms with Crippen molar-refractivity contribution in [1.29, 1.82) is 0 Å². The molecular weight excluding hydrogens is 490 g/mol. The Morgan fingerprint density at radius 1 is 0.436 bits per heavy atom. The maximum Gasteiger partial charge on any atom is 0.0735 e. The summed E-state index contributed by atoms with van der Waals surface area (Å²) in [7, 11) is 0. The molecule has 9 rings (SSSR count). The van der Waals surface area contributed by atoms with Crippen LogP contribution in [0.4, 0.5) is 0 Å². The minimum Gasteiger partial charge on any atom is -0.355 e. The van der Waals surface area contributed by atoms with Gasteiger partial charge in [0.05, 0.1) is 5.41 Å². The van der Waals surface area contributed by atoms with Gasteiger partial charge in [-0.15, -0.1) is 0 Å². The summed E-state index contributed by atoms with van der Waals surface area (Å²) in [5, 5.41) is 2.54. The van der Waals surface area contributed by atoms with Crippen LogP contribution >= 0.6 is 11.8 Å². The molecule has 0 saturated heterocycles. The van der Waals surface area contributed by atoms with Crippen molar-refractivity contribution in [3.05, 3.63) is 156 Å². The van der Waals surface area contributed by atoms with E-state index in [1.54, 1.807) is 0 Å². The van der Waals surface area contributed by atoms with Crippen molar-refractivity contribution in [2.75, 3.05) is 0 Å². The van der Waals surface area contributed by atoms with Gasteiger partial charge in [-0.25, -0.2) is 0 Å². The van der Waals surface area contributed by atoms with Crippen molar-refractivity contribution < 1.29 is 0 Å². The summed E-state index contributed by atoms with van der Waals surface area (Å²) >= 11 is 1.89. The third-order valence-corrected chi connectivity index (χ3v) is 9.84. The van der Waals surface area contributed by atoms with Crippen LogP contribution in [-0.4, -0.2) is 4.98 Å². The van der Waals surface area contributed by atoms with Gasteiger partial charge in [-0.1, -0.05) is 109 Å². The molecule has 0 fully saturated rings. The zero-order chi connectivity index (χ0) is 25.6. The molecule has 1 spiro atoms. The van der Waals surface area contributed by atoms with Crippen molar-refractivity contribution in [2.45, 2.75) is 15.2 Å². The Kier molecular flexibility index (Phi) is 4.26. The molecule has 0 saturated carbocycles. The molecule has 2 heteroatoms. The second-order valence-corrected chi connectivity index (χ2v) is 11.7. The molecule has 39 heavy (non-hydrogen) atoms. The lowest BCUT2D eigenvalue weighted by atomic mass is 9.67. The minimum absolute atomic E-state index is 0.316. The maximum atomic E-state index is 3.57. The number of hydrogen-bond donors (Lipinski definition) is 1. The van der Waals surface area contributed by atoms with Crippen LogP contribution in [0.1, 0.15) is 22.3 Å². The topological polar surface area (TPSA) is 15.8 Å². The number of para-hydroxylation sites is 1. The van der Waals surface area contributed by atoms with Crippen LogP contribution in [-0.2, 0) is 5.41 Å². The first-order valence-corrected chi connectivity index (χ1v) is 14.3. The first-order chi connectivity index (χ1) is 19.3. The van der Waals surface area contributed by atoms with Crippen LogP contribution in [0.15, 0.2) is 143 Å².